The van der Waals surface area contributed by atoms with Gasteiger partial charge in [-0.05, 0) is 29.5 Å². The summed E-state index contributed by atoms with van der Waals surface area (Å²) >= 11 is 0. The summed E-state index contributed by atoms with van der Waals surface area (Å²) in [4.78, 5) is 2.49. The summed E-state index contributed by atoms with van der Waals surface area (Å²) in [6, 6.07) is 8.04. The molecule has 2 N–H and O–H groups in total. The molecule has 100 valence electrons. The third kappa shape index (κ3) is 3.47. The Morgan fingerprint density at radius 3 is 2.67 bits per heavy atom. The summed E-state index contributed by atoms with van der Waals surface area (Å²) < 4.78 is 5.78. The molecule has 1 aromatic carbocycles. The van der Waals surface area contributed by atoms with Crippen molar-refractivity contribution in [2.45, 2.75) is 20.4 Å². The van der Waals surface area contributed by atoms with Crippen LogP contribution in [0.5, 0.6) is 5.75 Å². The second kappa shape index (κ2) is 6.21. The highest BCUT2D eigenvalue weighted by molar-refractivity contribution is 5.28. The Bertz CT molecular complexity index is 371. The number of benzene rings is 1. The monoisotopic (exact) mass is 248 g/mol. The van der Waals surface area contributed by atoms with Gasteiger partial charge in [-0.3, -0.25) is 4.90 Å². The van der Waals surface area contributed by atoms with Crippen molar-refractivity contribution in [1.82, 2.24) is 4.90 Å². The normalized spacial score (nSPS) is 24.4. The Morgan fingerprint density at radius 2 is 2.00 bits per heavy atom. The average molecular weight is 248 g/mol. The summed E-state index contributed by atoms with van der Waals surface area (Å²) in [5.41, 5.74) is 6.73. The first-order valence-corrected chi connectivity index (χ1v) is 6.83. The van der Waals surface area contributed by atoms with E-state index in [1.165, 1.54) is 13.1 Å². The lowest BCUT2D eigenvalue weighted by atomic mass is 10.0. The lowest BCUT2D eigenvalue weighted by Crippen LogP contribution is -2.26. The highest BCUT2D eigenvalue weighted by Crippen LogP contribution is 2.21. The van der Waals surface area contributed by atoms with Gasteiger partial charge in [0, 0.05) is 26.2 Å². The van der Waals surface area contributed by atoms with E-state index in [0.29, 0.717) is 6.54 Å². The third-order valence-electron chi connectivity index (χ3n) is 3.87. The molecule has 0 amide bonds. The molecule has 1 aliphatic heterocycles. The Kier molecular flexibility index (Phi) is 4.61. The van der Waals surface area contributed by atoms with Gasteiger partial charge in [0.2, 0.25) is 0 Å². The fourth-order valence-electron chi connectivity index (χ4n) is 2.49. The topological polar surface area (TPSA) is 38.5 Å². The molecule has 2 atom stereocenters. The number of nitrogens with zero attached hydrogens (tertiary/aromatic N) is 1. The van der Waals surface area contributed by atoms with Crippen LogP contribution in [0.2, 0.25) is 0 Å². The Labute approximate surface area is 110 Å². The lowest BCUT2D eigenvalue weighted by molar-refractivity contribution is 0.232. The van der Waals surface area contributed by atoms with Crippen molar-refractivity contribution in [3.63, 3.8) is 0 Å². The fraction of sp³-hybridized carbons (Fsp3) is 0.600. The molecule has 2 rings (SSSR count). The molecular formula is C15H24N2O. The van der Waals surface area contributed by atoms with Gasteiger partial charge in [0.1, 0.15) is 12.4 Å². The van der Waals surface area contributed by atoms with Crippen LogP contribution in [0.3, 0.4) is 0 Å². The van der Waals surface area contributed by atoms with Crippen LogP contribution >= 0.6 is 0 Å². The minimum Gasteiger partial charge on any atom is -0.492 e. The van der Waals surface area contributed by atoms with Gasteiger partial charge in [0.15, 0.2) is 0 Å². The zero-order chi connectivity index (χ0) is 13.0. The molecule has 1 saturated heterocycles. The van der Waals surface area contributed by atoms with Gasteiger partial charge in [-0.1, -0.05) is 26.0 Å². The predicted molar refractivity (Wildman–Crippen MR) is 74.6 cm³/mol. The molecule has 1 fully saturated rings. The van der Waals surface area contributed by atoms with E-state index in [4.69, 9.17) is 10.5 Å². The first-order valence-electron chi connectivity index (χ1n) is 6.83. The quantitative estimate of drug-likeness (QED) is 0.867. The Morgan fingerprint density at radius 1 is 1.28 bits per heavy atom. The number of hydrogen-bond acceptors (Lipinski definition) is 3. The molecule has 1 aliphatic rings. The number of likely N-dealkylation sites (tertiary alicyclic amines) is 1. The van der Waals surface area contributed by atoms with E-state index in [-0.39, 0.29) is 0 Å². The maximum absolute atomic E-state index is 5.78. The van der Waals surface area contributed by atoms with Crippen LogP contribution in [0, 0.1) is 11.8 Å². The molecular weight excluding hydrogens is 224 g/mol. The van der Waals surface area contributed by atoms with Crippen LogP contribution in [-0.2, 0) is 6.54 Å². The Balaban J connectivity index is 1.75. The second-order valence-electron chi connectivity index (χ2n) is 5.41. The maximum Gasteiger partial charge on any atom is 0.119 e. The summed E-state index contributed by atoms with van der Waals surface area (Å²) in [6.45, 7) is 9.40. The molecule has 0 bridgehead atoms. The van der Waals surface area contributed by atoms with Crippen molar-refractivity contribution in [2.75, 3.05) is 26.2 Å². The molecule has 1 heterocycles. The van der Waals surface area contributed by atoms with E-state index in [2.05, 4.69) is 18.7 Å². The summed E-state index contributed by atoms with van der Waals surface area (Å²) in [6.07, 6.45) is 0. The van der Waals surface area contributed by atoms with Crippen molar-refractivity contribution in [1.29, 1.82) is 0 Å². The molecule has 3 heteroatoms. The largest absolute Gasteiger partial charge is 0.492 e. The van der Waals surface area contributed by atoms with E-state index < -0.39 is 0 Å². The minimum atomic E-state index is 0.568. The zero-order valence-corrected chi connectivity index (χ0v) is 11.4. The molecule has 3 nitrogen and oxygen atoms in total. The van der Waals surface area contributed by atoms with Crippen LogP contribution < -0.4 is 10.5 Å². The molecule has 18 heavy (non-hydrogen) atoms. The van der Waals surface area contributed by atoms with E-state index >= 15 is 0 Å². The maximum atomic E-state index is 5.78. The number of nitrogens with two attached hydrogens (primary N) is 1. The average Bonchev–Trinajstić information content (AvgIpc) is 2.69. The van der Waals surface area contributed by atoms with Gasteiger partial charge in [-0.25, -0.2) is 0 Å². The van der Waals surface area contributed by atoms with Gasteiger partial charge in [0.25, 0.3) is 0 Å². The van der Waals surface area contributed by atoms with Crippen LogP contribution in [-0.4, -0.2) is 31.1 Å². The van der Waals surface area contributed by atoms with Crippen molar-refractivity contribution >= 4 is 0 Å². The van der Waals surface area contributed by atoms with Crippen molar-refractivity contribution < 1.29 is 4.74 Å². The van der Waals surface area contributed by atoms with Crippen LogP contribution in [0.15, 0.2) is 24.3 Å². The fourth-order valence-corrected chi connectivity index (χ4v) is 2.49. The number of rotatable bonds is 5. The number of ether oxygens (including phenoxy) is 1. The summed E-state index contributed by atoms with van der Waals surface area (Å²) in [5.74, 6) is 2.55. The van der Waals surface area contributed by atoms with Gasteiger partial charge < -0.3 is 10.5 Å². The van der Waals surface area contributed by atoms with Crippen LogP contribution in [0.4, 0.5) is 0 Å². The van der Waals surface area contributed by atoms with E-state index in [1.54, 1.807) is 0 Å². The van der Waals surface area contributed by atoms with Crippen molar-refractivity contribution in [3.8, 4) is 5.75 Å². The van der Waals surface area contributed by atoms with E-state index in [0.717, 1.165) is 36.3 Å². The lowest BCUT2D eigenvalue weighted by Gasteiger charge is -2.16. The van der Waals surface area contributed by atoms with E-state index in [1.807, 2.05) is 24.3 Å². The van der Waals surface area contributed by atoms with Gasteiger partial charge in [0.05, 0.1) is 0 Å². The highest BCUT2D eigenvalue weighted by atomic mass is 16.5. The molecule has 1 aromatic rings. The third-order valence-corrected chi connectivity index (χ3v) is 3.87. The predicted octanol–water partition coefficient (Wildman–Crippen LogP) is 2.11. The molecule has 0 spiro atoms. The van der Waals surface area contributed by atoms with Gasteiger partial charge >= 0.3 is 0 Å². The first kappa shape index (κ1) is 13.4. The SMILES string of the molecule is CC1CN(CCOc2cccc(CN)c2)CC1C. The van der Waals surface area contributed by atoms with Gasteiger partial charge in [-0.2, -0.15) is 0 Å². The summed E-state index contributed by atoms with van der Waals surface area (Å²) in [7, 11) is 0. The van der Waals surface area contributed by atoms with Gasteiger partial charge in [-0.15, -0.1) is 0 Å². The molecule has 2 unspecified atom stereocenters. The van der Waals surface area contributed by atoms with Crippen LogP contribution in [0.1, 0.15) is 19.4 Å². The molecule has 0 saturated carbocycles. The molecule has 0 aromatic heterocycles. The Hall–Kier alpha value is -1.06. The first-order chi connectivity index (χ1) is 8.69. The smallest absolute Gasteiger partial charge is 0.119 e. The number of hydrogen-bond donors (Lipinski definition) is 1. The molecule has 0 aliphatic carbocycles. The minimum absolute atomic E-state index is 0.568. The van der Waals surface area contributed by atoms with Crippen molar-refractivity contribution in [3.05, 3.63) is 29.8 Å². The van der Waals surface area contributed by atoms with Crippen LogP contribution in [0.25, 0.3) is 0 Å². The highest BCUT2D eigenvalue weighted by Gasteiger charge is 2.25. The standard InChI is InChI=1S/C15H24N2O/c1-12-10-17(11-13(12)2)6-7-18-15-5-3-4-14(8-15)9-16/h3-5,8,12-13H,6-7,9-11,16H2,1-2H3. The zero-order valence-electron chi connectivity index (χ0n) is 11.4. The second-order valence-corrected chi connectivity index (χ2v) is 5.41. The summed E-state index contributed by atoms with van der Waals surface area (Å²) in [5, 5.41) is 0. The molecule has 0 radical (unpaired) electrons. The van der Waals surface area contributed by atoms with E-state index in [9.17, 15) is 0 Å². The van der Waals surface area contributed by atoms with Crippen molar-refractivity contribution in [2.24, 2.45) is 17.6 Å².